The molecule has 1 aromatic carbocycles. The predicted octanol–water partition coefficient (Wildman–Crippen LogP) is 2.56. The maximum absolute atomic E-state index is 11.9. The van der Waals surface area contributed by atoms with E-state index in [1.54, 1.807) is 6.07 Å². The van der Waals surface area contributed by atoms with Gasteiger partial charge in [0.05, 0.1) is 12.1 Å². The van der Waals surface area contributed by atoms with Gasteiger partial charge in [-0.3, -0.25) is 9.59 Å². The zero-order chi connectivity index (χ0) is 14.4. The van der Waals surface area contributed by atoms with Gasteiger partial charge in [-0.2, -0.15) is 0 Å². The van der Waals surface area contributed by atoms with Gasteiger partial charge in [-0.1, -0.05) is 13.8 Å². The number of amides is 2. The van der Waals surface area contributed by atoms with Crippen molar-refractivity contribution in [2.75, 3.05) is 13.1 Å². The maximum atomic E-state index is 11.9. The lowest BCUT2D eigenvalue weighted by Gasteiger charge is -2.09. The second-order valence-corrected chi connectivity index (χ2v) is 6.60. The molecule has 2 amide bonds. The largest absolute Gasteiger partial charge is 0.354 e. The molecule has 0 atom stereocenters. The van der Waals surface area contributed by atoms with Gasteiger partial charge in [0.25, 0.3) is 5.91 Å². The van der Waals surface area contributed by atoms with E-state index in [1.807, 2.05) is 26.0 Å². The zero-order valence-corrected chi connectivity index (χ0v) is 14.5. The van der Waals surface area contributed by atoms with Crippen LogP contribution in [0.15, 0.2) is 22.7 Å². The first-order valence-electron chi connectivity index (χ1n) is 5.90. The summed E-state index contributed by atoms with van der Waals surface area (Å²) in [6.45, 7) is 4.63. The van der Waals surface area contributed by atoms with Crippen LogP contribution in [-0.2, 0) is 4.79 Å². The van der Waals surface area contributed by atoms with Crippen LogP contribution in [0.25, 0.3) is 0 Å². The van der Waals surface area contributed by atoms with Crippen molar-refractivity contribution < 1.29 is 9.59 Å². The molecule has 0 saturated carbocycles. The summed E-state index contributed by atoms with van der Waals surface area (Å²) in [6, 6.07) is 5.48. The van der Waals surface area contributed by atoms with E-state index in [1.165, 1.54) is 0 Å². The van der Waals surface area contributed by atoms with Gasteiger partial charge in [-0.05, 0) is 62.6 Å². The predicted molar refractivity (Wildman–Crippen MR) is 87.0 cm³/mol. The summed E-state index contributed by atoms with van der Waals surface area (Å²) in [6.07, 6.45) is 0. The van der Waals surface area contributed by atoms with Crippen molar-refractivity contribution in [1.82, 2.24) is 10.6 Å². The molecule has 19 heavy (non-hydrogen) atoms. The lowest BCUT2D eigenvalue weighted by atomic mass is 10.2. The van der Waals surface area contributed by atoms with Crippen LogP contribution in [0, 0.1) is 9.49 Å². The molecule has 104 valence electrons. The number of halogens is 2. The minimum absolute atomic E-state index is 0.0104. The highest BCUT2D eigenvalue weighted by Gasteiger charge is 2.11. The fourth-order valence-electron chi connectivity index (χ4n) is 1.31. The third kappa shape index (κ3) is 5.90. The molecule has 0 aromatic heterocycles. The van der Waals surface area contributed by atoms with E-state index in [4.69, 9.17) is 0 Å². The molecule has 1 aromatic rings. The van der Waals surface area contributed by atoms with E-state index in [0.29, 0.717) is 22.5 Å². The van der Waals surface area contributed by atoms with Gasteiger partial charge in [0.2, 0.25) is 5.91 Å². The fourth-order valence-corrected chi connectivity index (χ4v) is 2.23. The number of hydrogen-bond donors (Lipinski definition) is 2. The van der Waals surface area contributed by atoms with E-state index in [-0.39, 0.29) is 18.4 Å². The zero-order valence-electron chi connectivity index (χ0n) is 10.8. The Morgan fingerprint density at radius 1 is 1.32 bits per heavy atom. The molecule has 0 fully saturated rings. The molecule has 6 heteroatoms. The Hall–Kier alpha value is -0.630. The van der Waals surface area contributed by atoms with Crippen LogP contribution in [0.2, 0.25) is 0 Å². The van der Waals surface area contributed by atoms with Gasteiger partial charge in [-0.15, -0.1) is 0 Å². The number of rotatable bonds is 5. The average molecular weight is 439 g/mol. The minimum Gasteiger partial charge on any atom is -0.354 e. The number of benzene rings is 1. The molecule has 0 saturated heterocycles. The normalized spacial score (nSPS) is 10.4. The molecule has 0 aliphatic rings. The van der Waals surface area contributed by atoms with Gasteiger partial charge >= 0.3 is 0 Å². The Morgan fingerprint density at radius 3 is 2.63 bits per heavy atom. The third-order valence-corrected chi connectivity index (χ3v) is 3.65. The monoisotopic (exact) mass is 438 g/mol. The molecule has 1 rings (SSSR count). The molecule has 0 aliphatic heterocycles. The van der Waals surface area contributed by atoms with Crippen molar-refractivity contribution in [3.05, 3.63) is 31.8 Å². The molecule has 0 aliphatic carbocycles. The van der Waals surface area contributed by atoms with Crippen molar-refractivity contribution >= 4 is 50.3 Å². The minimum atomic E-state index is -0.259. The summed E-state index contributed by atoms with van der Waals surface area (Å²) in [5, 5.41) is 5.35. The second kappa shape index (κ2) is 7.84. The van der Waals surface area contributed by atoms with Crippen molar-refractivity contribution in [2.24, 2.45) is 5.92 Å². The summed E-state index contributed by atoms with van der Waals surface area (Å²) in [5.74, 6) is -0.0432. The van der Waals surface area contributed by atoms with Crippen LogP contribution in [0.4, 0.5) is 0 Å². The van der Waals surface area contributed by atoms with Gasteiger partial charge in [-0.25, -0.2) is 0 Å². The number of hydrogen-bond acceptors (Lipinski definition) is 2. The van der Waals surface area contributed by atoms with Crippen LogP contribution < -0.4 is 10.6 Å². The number of nitrogens with one attached hydrogen (secondary N) is 2. The average Bonchev–Trinajstić information content (AvgIpc) is 2.36. The summed E-state index contributed by atoms with van der Waals surface area (Å²) in [4.78, 5) is 23.4. The van der Waals surface area contributed by atoms with Gasteiger partial charge < -0.3 is 10.6 Å². The smallest absolute Gasteiger partial charge is 0.252 e. The molecule has 0 heterocycles. The highest BCUT2D eigenvalue weighted by Crippen LogP contribution is 2.19. The Kier molecular flexibility index (Phi) is 6.78. The Balaban J connectivity index is 2.51. The Labute approximate surface area is 135 Å². The lowest BCUT2D eigenvalue weighted by molar-refractivity contribution is -0.120. The SMILES string of the molecule is CC(C)CNC(=O)CNC(=O)c1cc(I)ccc1Br. The van der Waals surface area contributed by atoms with Crippen molar-refractivity contribution in [2.45, 2.75) is 13.8 Å². The van der Waals surface area contributed by atoms with Gasteiger partial charge in [0.1, 0.15) is 0 Å². The van der Waals surface area contributed by atoms with Crippen LogP contribution in [0.5, 0.6) is 0 Å². The van der Waals surface area contributed by atoms with Crippen molar-refractivity contribution in [1.29, 1.82) is 0 Å². The topological polar surface area (TPSA) is 58.2 Å². The summed E-state index contributed by atoms with van der Waals surface area (Å²) >= 11 is 5.46. The highest BCUT2D eigenvalue weighted by atomic mass is 127. The standard InChI is InChI=1S/C13H16BrIN2O2/c1-8(2)6-16-12(18)7-17-13(19)10-5-9(15)3-4-11(10)14/h3-5,8H,6-7H2,1-2H3,(H,16,18)(H,17,19). The van der Waals surface area contributed by atoms with Crippen LogP contribution in [0.1, 0.15) is 24.2 Å². The summed E-state index contributed by atoms with van der Waals surface area (Å²) in [7, 11) is 0. The number of carbonyl (C=O) groups is 2. The molecule has 0 unspecified atom stereocenters. The van der Waals surface area contributed by atoms with E-state index in [0.717, 1.165) is 3.57 Å². The van der Waals surface area contributed by atoms with Crippen LogP contribution >= 0.6 is 38.5 Å². The van der Waals surface area contributed by atoms with Crippen LogP contribution in [0.3, 0.4) is 0 Å². The fraction of sp³-hybridized carbons (Fsp3) is 0.385. The molecule has 0 spiro atoms. The Morgan fingerprint density at radius 2 is 2.00 bits per heavy atom. The summed E-state index contributed by atoms with van der Waals surface area (Å²) in [5.41, 5.74) is 0.531. The first kappa shape index (κ1) is 16.4. The Bertz CT molecular complexity index is 478. The van der Waals surface area contributed by atoms with E-state index >= 15 is 0 Å². The summed E-state index contributed by atoms with van der Waals surface area (Å²) < 4.78 is 1.68. The molecule has 4 nitrogen and oxygen atoms in total. The van der Waals surface area contributed by atoms with E-state index in [9.17, 15) is 9.59 Å². The van der Waals surface area contributed by atoms with Gasteiger partial charge in [0, 0.05) is 14.6 Å². The first-order chi connectivity index (χ1) is 8.90. The van der Waals surface area contributed by atoms with E-state index in [2.05, 4.69) is 49.2 Å². The van der Waals surface area contributed by atoms with Gasteiger partial charge in [0.15, 0.2) is 0 Å². The molecular formula is C13H16BrIN2O2. The maximum Gasteiger partial charge on any atom is 0.252 e. The highest BCUT2D eigenvalue weighted by molar-refractivity contribution is 14.1. The molecule has 2 N–H and O–H groups in total. The molecule has 0 bridgehead atoms. The second-order valence-electron chi connectivity index (χ2n) is 4.50. The van der Waals surface area contributed by atoms with E-state index < -0.39 is 0 Å². The molecular weight excluding hydrogens is 423 g/mol. The molecule has 0 radical (unpaired) electrons. The quantitative estimate of drug-likeness (QED) is 0.694. The first-order valence-corrected chi connectivity index (χ1v) is 7.77. The van der Waals surface area contributed by atoms with Crippen molar-refractivity contribution in [3.8, 4) is 0 Å². The van der Waals surface area contributed by atoms with Crippen molar-refractivity contribution in [3.63, 3.8) is 0 Å². The third-order valence-electron chi connectivity index (χ3n) is 2.29. The lowest BCUT2D eigenvalue weighted by Crippen LogP contribution is -2.38. The van der Waals surface area contributed by atoms with Crippen LogP contribution in [-0.4, -0.2) is 24.9 Å². The number of carbonyl (C=O) groups excluding carboxylic acids is 2.